The molecule has 2 aromatic rings. The first kappa shape index (κ1) is 22.6. The second kappa shape index (κ2) is 11.9. The lowest BCUT2D eigenvalue weighted by atomic mass is 10.0. The number of benzene rings is 1. The Hall–Kier alpha value is -2.12. The SMILES string of the molecule is CCNC(=NCC(CC(C)C)N1CCOCC1)NCCCc1nc2ccccc2[nH]1. The number of ether oxygens (including phenoxy) is 1. The Morgan fingerprint density at radius 2 is 2.03 bits per heavy atom. The van der Waals surface area contributed by atoms with Gasteiger partial charge >= 0.3 is 0 Å². The molecule has 1 aliphatic rings. The summed E-state index contributed by atoms with van der Waals surface area (Å²) in [6.45, 7) is 12.9. The van der Waals surface area contributed by atoms with E-state index in [1.807, 2.05) is 18.2 Å². The highest BCUT2D eigenvalue weighted by molar-refractivity contribution is 5.79. The molecule has 7 heteroatoms. The lowest BCUT2D eigenvalue weighted by molar-refractivity contribution is 0.0143. The van der Waals surface area contributed by atoms with Crippen LogP contribution in [-0.4, -0.2) is 72.8 Å². The number of rotatable bonds is 10. The van der Waals surface area contributed by atoms with Gasteiger partial charge in [-0.3, -0.25) is 9.89 Å². The summed E-state index contributed by atoms with van der Waals surface area (Å²) in [6.07, 6.45) is 3.09. The molecule has 166 valence electrons. The molecule has 1 aliphatic heterocycles. The van der Waals surface area contributed by atoms with E-state index in [0.717, 1.165) is 88.0 Å². The first-order chi connectivity index (χ1) is 14.7. The van der Waals surface area contributed by atoms with Crippen molar-refractivity contribution in [2.75, 3.05) is 45.9 Å². The van der Waals surface area contributed by atoms with Gasteiger partial charge in [-0.1, -0.05) is 26.0 Å². The highest BCUT2D eigenvalue weighted by Gasteiger charge is 2.21. The molecule has 1 aromatic carbocycles. The van der Waals surface area contributed by atoms with Crippen LogP contribution in [0.25, 0.3) is 11.0 Å². The number of fused-ring (bicyclic) bond motifs is 1. The molecule has 1 atom stereocenters. The van der Waals surface area contributed by atoms with Crippen LogP contribution in [0.2, 0.25) is 0 Å². The van der Waals surface area contributed by atoms with Crippen LogP contribution in [0.1, 0.15) is 39.4 Å². The number of H-pyrrole nitrogens is 1. The number of aromatic nitrogens is 2. The van der Waals surface area contributed by atoms with Crippen LogP contribution >= 0.6 is 0 Å². The van der Waals surface area contributed by atoms with E-state index < -0.39 is 0 Å². The zero-order valence-corrected chi connectivity index (χ0v) is 18.8. The number of guanidine groups is 1. The first-order valence-electron chi connectivity index (χ1n) is 11.4. The molecule has 0 saturated carbocycles. The van der Waals surface area contributed by atoms with Gasteiger partial charge in [0.15, 0.2) is 5.96 Å². The molecule has 0 radical (unpaired) electrons. The molecule has 7 nitrogen and oxygen atoms in total. The van der Waals surface area contributed by atoms with Gasteiger partial charge in [0.2, 0.25) is 0 Å². The predicted octanol–water partition coefficient (Wildman–Crippen LogP) is 2.80. The maximum Gasteiger partial charge on any atom is 0.191 e. The number of imidazole rings is 1. The van der Waals surface area contributed by atoms with E-state index in [4.69, 9.17) is 9.73 Å². The smallest absolute Gasteiger partial charge is 0.191 e. The fourth-order valence-electron chi connectivity index (χ4n) is 3.95. The molecular weight excluding hydrogens is 376 g/mol. The van der Waals surface area contributed by atoms with Gasteiger partial charge in [0.25, 0.3) is 0 Å². The third-order valence-electron chi connectivity index (χ3n) is 5.43. The minimum atomic E-state index is 0.472. The second-order valence-corrected chi connectivity index (χ2v) is 8.38. The van der Waals surface area contributed by atoms with E-state index in [1.165, 1.54) is 0 Å². The van der Waals surface area contributed by atoms with Crippen LogP contribution in [0.3, 0.4) is 0 Å². The molecule has 3 N–H and O–H groups in total. The summed E-state index contributed by atoms with van der Waals surface area (Å²) in [5.41, 5.74) is 2.14. The predicted molar refractivity (Wildman–Crippen MR) is 124 cm³/mol. The third-order valence-corrected chi connectivity index (χ3v) is 5.43. The summed E-state index contributed by atoms with van der Waals surface area (Å²) >= 11 is 0. The van der Waals surface area contributed by atoms with Gasteiger partial charge in [0, 0.05) is 38.6 Å². The maximum absolute atomic E-state index is 5.53. The summed E-state index contributed by atoms with van der Waals surface area (Å²) in [5, 5.41) is 6.88. The number of hydrogen-bond acceptors (Lipinski definition) is 4. The Morgan fingerprint density at radius 3 is 2.77 bits per heavy atom. The van der Waals surface area contributed by atoms with Crippen LogP contribution in [0.4, 0.5) is 0 Å². The van der Waals surface area contributed by atoms with Gasteiger partial charge in [0.05, 0.1) is 30.8 Å². The van der Waals surface area contributed by atoms with E-state index in [0.29, 0.717) is 12.0 Å². The van der Waals surface area contributed by atoms with Gasteiger partial charge in [-0.25, -0.2) is 4.98 Å². The monoisotopic (exact) mass is 414 g/mol. The quantitative estimate of drug-likeness (QED) is 0.317. The zero-order chi connectivity index (χ0) is 21.2. The van der Waals surface area contributed by atoms with Crippen molar-refractivity contribution in [2.45, 2.75) is 46.1 Å². The van der Waals surface area contributed by atoms with Crippen LogP contribution in [0.15, 0.2) is 29.3 Å². The van der Waals surface area contributed by atoms with E-state index in [-0.39, 0.29) is 0 Å². The Balaban J connectivity index is 1.49. The zero-order valence-electron chi connectivity index (χ0n) is 18.8. The number of nitrogens with one attached hydrogen (secondary N) is 3. The van der Waals surface area contributed by atoms with Gasteiger partial charge in [-0.2, -0.15) is 0 Å². The molecule has 30 heavy (non-hydrogen) atoms. The fraction of sp³-hybridized carbons (Fsp3) is 0.652. The van der Waals surface area contributed by atoms with Crippen molar-refractivity contribution in [3.8, 4) is 0 Å². The molecule has 0 amide bonds. The largest absolute Gasteiger partial charge is 0.379 e. The lowest BCUT2D eigenvalue weighted by Crippen LogP contribution is -2.46. The molecule has 1 fully saturated rings. The van der Waals surface area contributed by atoms with Crippen molar-refractivity contribution >= 4 is 17.0 Å². The summed E-state index contributed by atoms with van der Waals surface area (Å²) in [7, 11) is 0. The highest BCUT2D eigenvalue weighted by atomic mass is 16.5. The highest BCUT2D eigenvalue weighted by Crippen LogP contribution is 2.14. The van der Waals surface area contributed by atoms with Gasteiger partial charge in [-0.05, 0) is 37.8 Å². The molecule has 3 rings (SSSR count). The summed E-state index contributed by atoms with van der Waals surface area (Å²) < 4.78 is 5.53. The number of aromatic amines is 1. The molecule has 0 aliphatic carbocycles. The van der Waals surface area contributed by atoms with Crippen molar-refractivity contribution < 1.29 is 4.74 Å². The molecular formula is C23H38N6O. The van der Waals surface area contributed by atoms with Crippen molar-refractivity contribution in [1.82, 2.24) is 25.5 Å². The van der Waals surface area contributed by atoms with Gasteiger partial charge < -0.3 is 20.4 Å². The fourth-order valence-corrected chi connectivity index (χ4v) is 3.95. The van der Waals surface area contributed by atoms with Crippen LogP contribution < -0.4 is 10.6 Å². The Bertz CT molecular complexity index is 748. The minimum absolute atomic E-state index is 0.472. The van der Waals surface area contributed by atoms with Crippen LogP contribution in [0, 0.1) is 5.92 Å². The Morgan fingerprint density at radius 1 is 1.23 bits per heavy atom. The van der Waals surface area contributed by atoms with E-state index in [1.54, 1.807) is 0 Å². The van der Waals surface area contributed by atoms with Crippen molar-refractivity contribution in [1.29, 1.82) is 0 Å². The van der Waals surface area contributed by atoms with E-state index >= 15 is 0 Å². The van der Waals surface area contributed by atoms with Gasteiger partial charge in [-0.15, -0.1) is 0 Å². The molecule has 1 unspecified atom stereocenters. The minimum Gasteiger partial charge on any atom is -0.379 e. The molecule has 1 aromatic heterocycles. The summed E-state index contributed by atoms with van der Waals surface area (Å²) in [5.74, 6) is 2.61. The van der Waals surface area contributed by atoms with Crippen molar-refractivity contribution in [3.05, 3.63) is 30.1 Å². The average Bonchev–Trinajstić information content (AvgIpc) is 3.17. The number of nitrogens with zero attached hydrogens (tertiary/aromatic N) is 3. The number of aryl methyl sites for hydroxylation is 1. The van der Waals surface area contributed by atoms with Crippen LogP contribution in [-0.2, 0) is 11.2 Å². The number of morpholine rings is 1. The maximum atomic E-state index is 5.53. The van der Waals surface area contributed by atoms with Gasteiger partial charge in [0.1, 0.15) is 5.82 Å². The standard InChI is InChI=1S/C23H38N6O/c1-4-24-23(26-17-19(16-18(2)3)29-12-14-30-15-13-29)25-11-7-10-22-27-20-8-5-6-9-21(20)28-22/h5-6,8-9,18-19H,4,7,10-17H2,1-3H3,(H,27,28)(H2,24,25,26). The number of para-hydroxylation sites is 2. The van der Waals surface area contributed by atoms with Crippen LogP contribution in [0.5, 0.6) is 0 Å². The second-order valence-electron chi connectivity index (χ2n) is 8.38. The first-order valence-corrected chi connectivity index (χ1v) is 11.4. The lowest BCUT2D eigenvalue weighted by Gasteiger charge is -2.34. The topological polar surface area (TPSA) is 77.6 Å². The van der Waals surface area contributed by atoms with E-state index in [2.05, 4.69) is 52.3 Å². The Labute approximate surface area is 180 Å². The summed E-state index contributed by atoms with van der Waals surface area (Å²) in [6, 6.07) is 8.65. The molecule has 2 heterocycles. The number of aliphatic imine (C=N–C) groups is 1. The normalized spacial score (nSPS) is 16.9. The van der Waals surface area contributed by atoms with Crippen molar-refractivity contribution in [2.24, 2.45) is 10.9 Å². The van der Waals surface area contributed by atoms with Crippen molar-refractivity contribution in [3.63, 3.8) is 0 Å². The number of hydrogen-bond donors (Lipinski definition) is 3. The molecule has 1 saturated heterocycles. The summed E-state index contributed by atoms with van der Waals surface area (Å²) in [4.78, 5) is 15.5. The molecule has 0 bridgehead atoms. The third kappa shape index (κ3) is 6.99. The average molecular weight is 415 g/mol. The molecule has 0 spiro atoms. The van der Waals surface area contributed by atoms with E-state index in [9.17, 15) is 0 Å². The Kier molecular flexibility index (Phi) is 8.96.